The van der Waals surface area contributed by atoms with Gasteiger partial charge in [-0.15, -0.1) is 0 Å². The van der Waals surface area contributed by atoms with Crippen molar-refractivity contribution in [3.05, 3.63) is 29.0 Å². The second-order valence-corrected chi connectivity index (χ2v) is 5.49. The minimum atomic E-state index is -0.498. The largest absolute Gasteiger partial charge is 0.325 e. The number of hydrogen-bond acceptors (Lipinski definition) is 1. The van der Waals surface area contributed by atoms with Gasteiger partial charge in [0.05, 0.1) is 18.8 Å². The number of rotatable bonds is 3. The second kappa shape index (κ2) is 6.35. The van der Waals surface area contributed by atoms with Gasteiger partial charge in [-0.05, 0) is 44.4 Å². The van der Waals surface area contributed by atoms with Gasteiger partial charge >= 0.3 is 0 Å². The van der Waals surface area contributed by atoms with E-state index in [9.17, 15) is 9.18 Å². The summed E-state index contributed by atoms with van der Waals surface area (Å²) >= 11 is 5.68. The van der Waals surface area contributed by atoms with E-state index >= 15 is 0 Å². The first kappa shape index (κ1) is 14.3. The summed E-state index contributed by atoms with van der Waals surface area (Å²) in [6.45, 7) is 3.92. The highest BCUT2D eigenvalue weighted by Crippen LogP contribution is 2.18. The fourth-order valence-corrected chi connectivity index (χ4v) is 2.61. The maximum absolute atomic E-state index is 13.6. The second-order valence-electron chi connectivity index (χ2n) is 5.05. The summed E-state index contributed by atoms with van der Waals surface area (Å²) in [6.07, 6.45) is 3.55. The zero-order valence-corrected chi connectivity index (χ0v) is 11.8. The van der Waals surface area contributed by atoms with Gasteiger partial charge in [0, 0.05) is 5.02 Å². The van der Waals surface area contributed by atoms with Gasteiger partial charge < -0.3 is 10.2 Å². The van der Waals surface area contributed by atoms with E-state index < -0.39 is 5.82 Å². The smallest absolute Gasteiger partial charge is 0.282 e. The summed E-state index contributed by atoms with van der Waals surface area (Å²) in [5.74, 6) is -0.639. The Morgan fingerprint density at radius 1 is 1.37 bits per heavy atom. The number of piperidine rings is 1. The van der Waals surface area contributed by atoms with Crippen molar-refractivity contribution in [1.29, 1.82) is 0 Å². The minimum Gasteiger partial charge on any atom is -0.325 e. The van der Waals surface area contributed by atoms with Crippen molar-refractivity contribution in [2.75, 3.05) is 18.4 Å². The molecule has 5 heteroatoms. The number of nitrogens with one attached hydrogen (secondary N) is 2. The van der Waals surface area contributed by atoms with Gasteiger partial charge in [0.25, 0.3) is 5.91 Å². The van der Waals surface area contributed by atoms with Crippen molar-refractivity contribution in [3.8, 4) is 0 Å². The maximum atomic E-state index is 13.6. The van der Waals surface area contributed by atoms with Crippen molar-refractivity contribution < 1.29 is 14.1 Å². The molecule has 19 heavy (non-hydrogen) atoms. The van der Waals surface area contributed by atoms with E-state index in [0.29, 0.717) is 5.02 Å². The average Bonchev–Trinajstić information content (AvgIpc) is 2.42. The monoisotopic (exact) mass is 285 g/mol. The molecule has 104 valence electrons. The number of benzene rings is 1. The quantitative estimate of drug-likeness (QED) is 0.873. The van der Waals surface area contributed by atoms with Crippen LogP contribution < -0.4 is 10.2 Å². The van der Waals surface area contributed by atoms with Crippen LogP contribution in [-0.2, 0) is 4.79 Å². The molecule has 0 bridgehead atoms. The van der Waals surface area contributed by atoms with Crippen LogP contribution in [0.2, 0.25) is 5.02 Å². The number of carbonyl (C=O) groups excluding carboxylic acids is 1. The number of anilines is 1. The predicted molar refractivity (Wildman–Crippen MR) is 74.0 cm³/mol. The normalized spacial score (nSPS) is 18.1. The molecule has 3 nitrogen and oxygen atoms in total. The summed E-state index contributed by atoms with van der Waals surface area (Å²) in [5.41, 5.74) is 0.192. The zero-order chi connectivity index (χ0) is 13.8. The fraction of sp³-hybridized carbons (Fsp3) is 0.500. The summed E-state index contributed by atoms with van der Waals surface area (Å²) in [6, 6.07) is 4.11. The Morgan fingerprint density at radius 3 is 2.68 bits per heavy atom. The number of likely N-dealkylation sites (tertiary alicyclic amines) is 1. The Bertz CT molecular complexity index is 461. The predicted octanol–water partition coefficient (Wildman–Crippen LogP) is 1.87. The Kier molecular flexibility index (Phi) is 4.77. The Hall–Kier alpha value is -1.13. The topological polar surface area (TPSA) is 33.5 Å². The van der Waals surface area contributed by atoms with Crippen molar-refractivity contribution in [2.45, 2.75) is 32.2 Å². The molecule has 1 aliphatic heterocycles. The lowest BCUT2D eigenvalue weighted by molar-refractivity contribution is -0.918. The van der Waals surface area contributed by atoms with E-state index in [2.05, 4.69) is 5.32 Å². The third kappa shape index (κ3) is 3.67. The molecule has 1 fully saturated rings. The molecular formula is C14H19ClFN2O+. The molecule has 2 N–H and O–H groups in total. The van der Waals surface area contributed by atoms with Crippen LogP contribution in [0.5, 0.6) is 0 Å². The number of carbonyl (C=O) groups is 1. The summed E-state index contributed by atoms with van der Waals surface area (Å²) in [5, 5.41) is 2.97. The molecule has 0 saturated carbocycles. The number of quaternary nitrogens is 1. The van der Waals surface area contributed by atoms with Gasteiger partial charge in [-0.1, -0.05) is 11.6 Å². The van der Waals surface area contributed by atoms with E-state index in [1.807, 2.05) is 6.92 Å². The molecule has 0 spiro atoms. The first-order valence-corrected chi connectivity index (χ1v) is 7.06. The summed E-state index contributed by atoms with van der Waals surface area (Å²) in [4.78, 5) is 13.4. The van der Waals surface area contributed by atoms with Crippen LogP contribution in [0.1, 0.15) is 26.2 Å². The molecule has 1 atom stereocenters. The third-order valence-corrected chi connectivity index (χ3v) is 3.93. The van der Waals surface area contributed by atoms with E-state index in [-0.39, 0.29) is 17.6 Å². The van der Waals surface area contributed by atoms with Gasteiger partial charge in [0.2, 0.25) is 0 Å². The maximum Gasteiger partial charge on any atom is 0.282 e. The van der Waals surface area contributed by atoms with Gasteiger partial charge in [0.15, 0.2) is 6.04 Å². The standard InChI is InChI=1S/C14H18ClFN2O/c1-10(18-7-3-2-4-8-18)14(19)17-13-6-5-11(15)9-12(13)16/h5-6,9-10H,2-4,7-8H2,1H3,(H,17,19)/p+1/t10-/m1/s1. The zero-order valence-electron chi connectivity index (χ0n) is 11.0. The lowest BCUT2D eigenvalue weighted by Gasteiger charge is -2.28. The molecule has 0 unspecified atom stereocenters. The molecule has 0 aliphatic carbocycles. The lowest BCUT2D eigenvalue weighted by atomic mass is 10.1. The van der Waals surface area contributed by atoms with E-state index in [1.165, 1.54) is 23.5 Å². The number of hydrogen-bond donors (Lipinski definition) is 2. The Balaban J connectivity index is 1.99. The highest BCUT2D eigenvalue weighted by atomic mass is 35.5. The number of halogens is 2. The molecule has 1 amide bonds. The van der Waals surface area contributed by atoms with Crippen LogP contribution in [0.4, 0.5) is 10.1 Å². The fourth-order valence-electron chi connectivity index (χ4n) is 2.46. The van der Waals surface area contributed by atoms with Crippen molar-refractivity contribution in [1.82, 2.24) is 0 Å². The van der Waals surface area contributed by atoms with Crippen LogP contribution in [0.15, 0.2) is 18.2 Å². The van der Waals surface area contributed by atoms with Crippen molar-refractivity contribution >= 4 is 23.2 Å². The molecule has 0 aromatic heterocycles. The van der Waals surface area contributed by atoms with Crippen LogP contribution in [-0.4, -0.2) is 25.0 Å². The highest BCUT2D eigenvalue weighted by molar-refractivity contribution is 6.30. The van der Waals surface area contributed by atoms with Crippen LogP contribution >= 0.6 is 11.6 Å². The molecular weight excluding hydrogens is 267 g/mol. The Labute approximate surface area is 117 Å². The van der Waals surface area contributed by atoms with Gasteiger partial charge in [0.1, 0.15) is 5.82 Å². The number of amides is 1. The molecule has 0 radical (unpaired) electrons. The first-order valence-electron chi connectivity index (χ1n) is 6.68. The molecule has 1 heterocycles. The van der Waals surface area contributed by atoms with Crippen LogP contribution in [0, 0.1) is 5.82 Å². The van der Waals surface area contributed by atoms with Crippen molar-refractivity contribution in [3.63, 3.8) is 0 Å². The van der Waals surface area contributed by atoms with Gasteiger partial charge in [-0.3, -0.25) is 4.79 Å². The molecule has 2 rings (SSSR count). The third-order valence-electron chi connectivity index (χ3n) is 3.69. The molecule has 1 aromatic carbocycles. The van der Waals surface area contributed by atoms with E-state index in [4.69, 9.17) is 11.6 Å². The summed E-state index contributed by atoms with van der Waals surface area (Å²) in [7, 11) is 0. The average molecular weight is 286 g/mol. The van der Waals surface area contributed by atoms with Gasteiger partial charge in [-0.25, -0.2) is 4.39 Å². The minimum absolute atomic E-state index is 0.141. The SMILES string of the molecule is C[C@H](C(=O)Nc1ccc(Cl)cc1F)[NH+]1CCCCC1. The molecule has 1 aromatic rings. The Morgan fingerprint density at radius 2 is 2.05 bits per heavy atom. The lowest BCUT2D eigenvalue weighted by Crippen LogP contribution is -3.17. The van der Waals surface area contributed by atoms with Crippen LogP contribution in [0.3, 0.4) is 0 Å². The van der Waals surface area contributed by atoms with Crippen LogP contribution in [0.25, 0.3) is 0 Å². The molecule has 1 aliphatic rings. The van der Waals surface area contributed by atoms with E-state index in [1.54, 1.807) is 6.07 Å². The first-order chi connectivity index (χ1) is 9.08. The summed E-state index contributed by atoms with van der Waals surface area (Å²) < 4.78 is 13.6. The molecule has 1 saturated heterocycles. The van der Waals surface area contributed by atoms with E-state index in [0.717, 1.165) is 25.9 Å². The van der Waals surface area contributed by atoms with Crippen molar-refractivity contribution in [2.24, 2.45) is 0 Å². The highest BCUT2D eigenvalue weighted by Gasteiger charge is 2.26. The van der Waals surface area contributed by atoms with Gasteiger partial charge in [-0.2, -0.15) is 0 Å².